The van der Waals surface area contributed by atoms with E-state index in [1.165, 1.54) is 0 Å². The normalized spacial score (nSPS) is 47.9. The molecule has 0 spiro atoms. The van der Waals surface area contributed by atoms with Gasteiger partial charge in [-0.3, -0.25) is 4.79 Å². The summed E-state index contributed by atoms with van der Waals surface area (Å²) in [5, 5.41) is 0. The molecule has 1 heterocycles. The summed E-state index contributed by atoms with van der Waals surface area (Å²) in [7, 11) is 1.28. The van der Waals surface area contributed by atoms with Crippen molar-refractivity contribution in [1.82, 2.24) is 4.31 Å². The molecule has 0 unspecified atom stereocenters. The predicted molar refractivity (Wildman–Crippen MR) is 70.4 cm³/mol. The molecule has 1 saturated heterocycles. The molecular formula is C9H8Br2ClNO3S. The Balaban J connectivity index is 1.93. The molecule has 0 aromatic carbocycles. The Morgan fingerprint density at radius 2 is 1.88 bits per heavy atom. The second kappa shape index (κ2) is 3.71. The van der Waals surface area contributed by atoms with Crippen molar-refractivity contribution in [3.05, 3.63) is 12.2 Å². The Morgan fingerprint density at radius 1 is 1.24 bits per heavy atom. The fourth-order valence-corrected chi connectivity index (χ4v) is 6.19. The van der Waals surface area contributed by atoms with Crippen LogP contribution in [0.4, 0.5) is 0 Å². The quantitative estimate of drug-likeness (QED) is 0.288. The smallest absolute Gasteiger partial charge is 0.273 e. The summed E-state index contributed by atoms with van der Waals surface area (Å²) in [4.78, 5) is 12.4. The van der Waals surface area contributed by atoms with Gasteiger partial charge in [0.05, 0.1) is 12.0 Å². The molecular weight excluding hydrogens is 397 g/mol. The van der Waals surface area contributed by atoms with Crippen LogP contribution in [0, 0.1) is 17.8 Å². The number of allylic oxidation sites excluding steroid dienone is 1. The lowest BCUT2D eigenvalue weighted by atomic mass is 9.59. The van der Waals surface area contributed by atoms with E-state index < -0.39 is 15.3 Å². The number of fused-ring (bicyclic) bond motifs is 3. The van der Waals surface area contributed by atoms with Gasteiger partial charge in [0, 0.05) is 20.3 Å². The van der Waals surface area contributed by atoms with Gasteiger partial charge < -0.3 is 0 Å². The molecule has 8 heteroatoms. The third kappa shape index (κ3) is 1.52. The molecule has 0 aromatic heterocycles. The molecule has 17 heavy (non-hydrogen) atoms. The van der Waals surface area contributed by atoms with Crippen LogP contribution in [0.5, 0.6) is 0 Å². The first-order valence-corrected chi connectivity index (χ1v) is 9.18. The number of carbonyl (C=O) groups is 1. The molecule has 0 bridgehead atoms. The summed E-state index contributed by atoms with van der Waals surface area (Å²) in [6.45, 7) is 0. The summed E-state index contributed by atoms with van der Waals surface area (Å²) in [6, 6.07) is -0.397. The number of amides is 1. The van der Waals surface area contributed by atoms with Crippen molar-refractivity contribution < 1.29 is 13.2 Å². The highest BCUT2D eigenvalue weighted by Gasteiger charge is 2.64. The number of hydrogen-bond donors (Lipinski definition) is 0. The number of alkyl halides is 2. The number of rotatable bonds is 1. The number of nitrogens with zero attached hydrogens (tertiary/aromatic N) is 1. The van der Waals surface area contributed by atoms with Gasteiger partial charge >= 0.3 is 9.24 Å². The molecule has 0 N–H and O–H groups in total. The fraction of sp³-hybridized carbons (Fsp3) is 0.667. The molecule has 4 nitrogen and oxygen atoms in total. The Morgan fingerprint density at radius 3 is 2.47 bits per heavy atom. The lowest BCUT2D eigenvalue weighted by molar-refractivity contribution is -0.151. The van der Waals surface area contributed by atoms with Gasteiger partial charge in [-0.2, -0.15) is 8.42 Å². The monoisotopic (exact) mass is 403 g/mol. The molecule has 0 radical (unpaired) electrons. The zero-order valence-corrected chi connectivity index (χ0v) is 13.1. The molecule has 1 aliphatic heterocycles. The summed E-state index contributed by atoms with van der Waals surface area (Å²) in [6.07, 6.45) is 3.75. The minimum atomic E-state index is -3.96. The maximum atomic E-state index is 11.9. The largest absolute Gasteiger partial charge is 0.324 e. The molecule has 94 valence electrons. The van der Waals surface area contributed by atoms with Crippen molar-refractivity contribution in [3.8, 4) is 0 Å². The molecule has 3 rings (SSSR count). The molecule has 0 aromatic rings. The lowest BCUT2D eigenvalue weighted by Gasteiger charge is -2.58. The van der Waals surface area contributed by atoms with Crippen molar-refractivity contribution in [2.45, 2.75) is 15.7 Å². The Labute approximate surface area is 120 Å². The van der Waals surface area contributed by atoms with Crippen molar-refractivity contribution in [2.24, 2.45) is 17.8 Å². The highest BCUT2D eigenvalue weighted by Crippen LogP contribution is 2.56. The zero-order chi connectivity index (χ0) is 12.5. The van der Waals surface area contributed by atoms with Crippen LogP contribution in [-0.4, -0.2) is 34.3 Å². The SMILES string of the molecule is O=C1[C@H]2[C@H]3[C@@H](Br)[C@@H](Br)[C@@H]3C=C[C@@H]2N1S(=O)(=O)Cl. The van der Waals surface area contributed by atoms with Gasteiger partial charge in [-0.1, -0.05) is 44.0 Å². The highest BCUT2D eigenvalue weighted by atomic mass is 79.9. The molecule has 3 aliphatic rings. The summed E-state index contributed by atoms with van der Waals surface area (Å²) < 4.78 is 23.3. The molecule has 2 aliphatic carbocycles. The third-order valence-corrected chi connectivity index (χ3v) is 8.21. The van der Waals surface area contributed by atoms with Crippen molar-refractivity contribution in [3.63, 3.8) is 0 Å². The van der Waals surface area contributed by atoms with E-state index in [4.69, 9.17) is 10.7 Å². The average molecular weight is 405 g/mol. The van der Waals surface area contributed by atoms with E-state index in [9.17, 15) is 13.2 Å². The van der Waals surface area contributed by atoms with Crippen LogP contribution in [0.1, 0.15) is 0 Å². The number of β-lactam (4-membered cyclic amide) rings is 1. The Bertz CT molecular complexity index is 522. The van der Waals surface area contributed by atoms with Gasteiger partial charge in [0.25, 0.3) is 0 Å². The molecule has 6 atom stereocenters. The zero-order valence-electron chi connectivity index (χ0n) is 8.33. The predicted octanol–water partition coefficient (Wildman–Crippen LogP) is 1.64. The van der Waals surface area contributed by atoms with Crippen LogP contribution in [0.3, 0.4) is 0 Å². The minimum Gasteiger partial charge on any atom is -0.273 e. The van der Waals surface area contributed by atoms with Crippen LogP contribution in [0.25, 0.3) is 0 Å². The third-order valence-electron chi connectivity index (χ3n) is 3.81. The van der Waals surface area contributed by atoms with Crippen LogP contribution in [-0.2, 0) is 14.0 Å². The van der Waals surface area contributed by atoms with Crippen LogP contribution < -0.4 is 0 Å². The van der Waals surface area contributed by atoms with Gasteiger partial charge in [-0.15, -0.1) is 0 Å². The summed E-state index contributed by atoms with van der Waals surface area (Å²) in [5.74, 6) is -0.175. The second-order valence-electron chi connectivity index (χ2n) is 4.52. The Kier molecular flexibility index (Phi) is 2.72. The second-order valence-corrected chi connectivity index (χ2v) is 9.02. The van der Waals surface area contributed by atoms with E-state index in [0.717, 1.165) is 4.31 Å². The van der Waals surface area contributed by atoms with Crippen molar-refractivity contribution in [1.29, 1.82) is 0 Å². The minimum absolute atomic E-state index is 0.163. The van der Waals surface area contributed by atoms with Crippen LogP contribution in [0.2, 0.25) is 0 Å². The Hall–Kier alpha value is 0.410. The van der Waals surface area contributed by atoms with Gasteiger partial charge in [0.15, 0.2) is 0 Å². The van der Waals surface area contributed by atoms with E-state index in [0.29, 0.717) is 10.7 Å². The van der Waals surface area contributed by atoms with E-state index in [1.807, 2.05) is 6.08 Å². The number of hydrogen-bond acceptors (Lipinski definition) is 3. The standard InChI is InChI=1S/C9H8Br2ClNO3S/c10-7-3-1-2-4-6(5(3)8(7)11)9(14)13(4)17(12,15)16/h1-8H/t3-,4+,5+,6-,7+,8-/m1/s1. The lowest BCUT2D eigenvalue weighted by Crippen LogP contribution is -2.70. The van der Waals surface area contributed by atoms with E-state index in [1.54, 1.807) is 6.08 Å². The van der Waals surface area contributed by atoms with Gasteiger partial charge in [-0.25, -0.2) is 4.31 Å². The maximum Gasteiger partial charge on any atom is 0.324 e. The maximum absolute atomic E-state index is 11.9. The molecule has 1 saturated carbocycles. The number of carbonyl (C=O) groups excluding carboxylic acids is 1. The van der Waals surface area contributed by atoms with E-state index in [-0.39, 0.29) is 22.6 Å². The topological polar surface area (TPSA) is 54.5 Å². The fourth-order valence-electron chi connectivity index (χ4n) is 2.96. The van der Waals surface area contributed by atoms with Crippen molar-refractivity contribution in [2.75, 3.05) is 0 Å². The van der Waals surface area contributed by atoms with Crippen LogP contribution >= 0.6 is 42.5 Å². The van der Waals surface area contributed by atoms with Gasteiger partial charge in [0.1, 0.15) is 0 Å². The van der Waals surface area contributed by atoms with Crippen molar-refractivity contribution >= 4 is 57.7 Å². The van der Waals surface area contributed by atoms with E-state index in [2.05, 4.69) is 31.9 Å². The first kappa shape index (κ1) is 12.4. The summed E-state index contributed by atoms with van der Waals surface area (Å²) in [5.41, 5.74) is 0. The number of halogens is 3. The average Bonchev–Trinajstić information content (AvgIpc) is 2.24. The highest BCUT2D eigenvalue weighted by molar-refractivity contribution is 9.12. The van der Waals surface area contributed by atoms with Gasteiger partial charge in [-0.05, 0) is 11.8 Å². The van der Waals surface area contributed by atoms with Gasteiger partial charge in [0.2, 0.25) is 5.91 Å². The first-order valence-electron chi connectivity index (χ1n) is 5.08. The summed E-state index contributed by atoms with van der Waals surface area (Å²) >= 11 is 7.08. The first-order chi connectivity index (χ1) is 7.84. The van der Waals surface area contributed by atoms with E-state index >= 15 is 0 Å². The molecule has 2 fully saturated rings. The molecule has 1 amide bonds. The van der Waals surface area contributed by atoms with Crippen LogP contribution in [0.15, 0.2) is 12.2 Å².